The molecule has 0 fully saturated rings. The molecule has 0 radical (unpaired) electrons. The van der Waals surface area contributed by atoms with Crippen molar-refractivity contribution in [3.8, 4) is 11.5 Å². The van der Waals surface area contributed by atoms with E-state index in [1.165, 1.54) is 0 Å². The van der Waals surface area contributed by atoms with Gasteiger partial charge in [0.05, 0.1) is 6.61 Å². The van der Waals surface area contributed by atoms with E-state index in [2.05, 4.69) is 0 Å². The summed E-state index contributed by atoms with van der Waals surface area (Å²) in [5.74, 6) is 1.14. The Morgan fingerprint density at radius 1 is 1.04 bits per heavy atom. The van der Waals surface area contributed by atoms with Crippen LogP contribution in [0.4, 0.5) is 0 Å². The summed E-state index contributed by atoms with van der Waals surface area (Å²) >= 11 is 6.13. The Bertz CT molecular complexity index is 672. The van der Waals surface area contributed by atoms with E-state index in [1.54, 1.807) is 6.07 Å². The average Bonchev–Trinajstić information content (AvgIpc) is 2.51. The van der Waals surface area contributed by atoms with Gasteiger partial charge in [0, 0.05) is 11.4 Å². The Morgan fingerprint density at radius 2 is 1.70 bits per heavy atom. The molecule has 2 aromatic carbocycles. The van der Waals surface area contributed by atoms with Gasteiger partial charge in [-0.25, -0.2) is 0 Å². The van der Waals surface area contributed by atoms with Gasteiger partial charge in [-0.1, -0.05) is 29.8 Å². The van der Waals surface area contributed by atoms with Gasteiger partial charge in [0.1, 0.15) is 11.5 Å². The van der Waals surface area contributed by atoms with Crippen LogP contribution in [-0.4, -0.2) is 12.6 Å². The molecule has 0 bridgehead atoms. The minimum Gasteiger partial charge on any atom is -0.494 e. The fourth-order valence-corrected chi connectivity index (χ4v) is 2.35. The molecule has 0 N–H and O–H groups in total. The fraction of sp³-hybridized carbons (Fsp3) is 0.316. The van der Waals surface area contributed by atoms with E-state index in [0.717, 1.165) is 27.5 Å². The number of ether oxygens (including phenoxy) is 2. The summed E-state index contributed by atoms with van der Waals surface area (Å²) < 4.78 is 11.0. The second-order valence-corrected chi connectivity index (χ2v) is 5.94. The summed E-state index contributed by atoms with van der Waals surface area (Å²) in [7, 11) is 0. The molecule has 0 aliphatic carbocycles. The maximum Gasteiger partial charge on any atom is 0.311 e. The van der Waals surface area contributed by atoms with Crippen molar-refractivity contribution in [3.05, 3.63) is 58.1 Å². The summed E-state index contributed by atoms with van der Waals surface area (Å²) in [6.07, 6.45) is 0.922. The molecule has 2 rings (SSSR count). The van der Waals surface area contributed by atoms with Gasteiger partial charge in [-0.15, -0.1) is 0 Å². The molecule has 0 unspecified atom stereocenters. The molecular formula is C19H21ClO3. The average molecular weight is 333 g/mol. The van der Waals surface area contributed by atoms with Crippen LogP contribution < -0.4 is 9.47 Å². The predicted octanol–water partition coefficient (Wildman–Crippen LogP) is 5.03. The lowest BCUT2D eigenvalue weighted by Crippen LogP contribution is -2.10. The van der Waals surface area contributed by atoms with Gasteiger partial charge < -0.3 is 9.47 Å². The SMILES string of the molecule is Cc1ccccc1OC(=O)CCCOc1cc(C)c(Cl)c(C)c1. The van der Waals surface area contributed by atoms with Crippen LogP contribution in [0.1, 0.15) is 29.5 Å². The van der Waals surface area contributed by atoms with Crippen molar-refractivity contribution in [2.45, 2.75) is 33.6 Å². The van der Waals surface area contributed by atoms with Gasteiger partial charge in [-0.2, -0.15) is 0 Å². The number of carbonyl (C=O) groups excluding carboxylic acids is 1. The summed E-state index contributed by atoms with van der Waals surface area (Å²) in [5, 5.41) is 0.763. The molecule has 2 aromatic rings. The zero-order chi connectivity index (χ0) is 16.8. The third-order valence-electron chi connectivity index (χ3n) is 3.52. The maximum atomic E-state index is 11.8. The van der Waals surface area contributed by atoms with Crippen LogP contribution in [0.5, 0.6) is 11.5 Å². The molecule has 0 spiro atoms. The number of carbonyl (C=O) groups is 1. The van der Waals surface area contributed by atoms with Crippen LogP contribution in [0.2, 0.25) is 5.02 Å². The highest BCUT2D eigenvalue weighted by molar-refractivity contribution is 6.32. The third-order valence-corrected chi connectivity index (χ3v) is 4.12. The molecule has 4 heteroatoms. The largest absolute Gasteiger partial charge is 0.494 e. The highest BCUT2D eigenvalue weighted by atomic mass is 35.5. The smallest absolute Gasteiger partial charge is 0.311 e. The molecule has 0 aromatic heterocycles. The molecule has 23 heavy (non-hydrogen) atoms. The lowest BCUT2D eigenvalue weighted by molar-refractivity contribution is -0.134. The van der Waals surface area contributed by atoms with Crippen LogP contribution in [-0.2, 0) is 4.79 Å². The van der Waals surface area contributed by atoms with E-state index in [9.17, 15) is 4.79 Å². The van der Waals surface area contributed by atoms with Gasteiger partial charge in [-0.05, 0) is 62.1 Å². The molecule has 0 atom stereocenters. The Balaban J connectivity index is 1.77. The molecular weight excluding hydrogens is 312 g/mol. The van der Waals surface area contributed by atoms with Crippen LogP contribution in [0.15, 0.2) is 36.4 Å². The van der Waals surface area contributed by atoms with Crippen molar-refractivity contribution < 1.29 is 14.3 Å². The summed E-state index contributed by atoms with van der Waals surface area (Å²) in [4.78, 5) is 11.8. The number of esters is 1. The highest BCUT2D eigenvalue weighted by Crippen LogP contribution is 2.26. The van der Waals surface area contributed by atoms with Gasteiger partial charge >= 0.3 is 5.97 Å². The lowest BCUT2D eigenvalue weighted by atomic mass is 10.1. The topological polar surface area (TPSA) is 35.5 Å². The van der Waals surface area contributed by atoms with Crippen molar-refractivity contribution in [1.82, 2.24) is 0 Å². The number of aryl methyl sites for hydroxylation is 3. The summed E-state index contributed by atoms with van der Waals surface area (Å²) in [6, 6.07) is 11.3. The first-order chi connectivity index (χ1) is 11.0. The van der Waals surface area contributed by atoms with Crippen molar-refractivity contribution in [2.24, 2.45) is 0 Å². The third kappa shape index (κ3) is 5.00. The first-order valence-corrected chi connectivity index (χ1v) is 8.01. The maximum absolute atomic E-state index is 11.8. The number of para-hydroxylation sites is 1. The fourth-order valence-electron chi connectivity index (χ4n) is 2.24. The van der Waals surface area contributed by atoms with E-state index < -0.39 is 0 Å². The number of benzene rings is 2. The van der Waals surface area contributed by atoms with Crippen LogP contribution in [0.3, 0.4) is 0 Å². The normalized spacial score (nSPS) is 10.4. The van der Waals surface area contributed by atoms with Gasteiger partial charge in [0.2, 0.25) is 0 Å². The second-order valence-electron chi connectivity index (χ2n) is 5.56. The first kappa shape index (κ1) is 17.4. The number of rotatable bonds is 6. The minimum atomic E-state index is -0.244. The van der Waals surface area contributed by atoms with Crippen LogP contribution in [0.25, 0.3) is 0 Å². The lowest BCUT2D eigenvalue weighted by Gasteiger charge is -2.10. The molecule has 3 nitrogen and oxygen atoms in total. The molecule has 0 heterocycles. The molecule has 0 aliphatic rings. The quantitative estimate of drug-likeness (QED) is 0.423. The first-order valence-electron chi connectivity index (χ1n) is 7.63. The Kier molecular flexibility index (Phi) is 6.05. The minimum absolute atomic E-state index is 0.244. The van der Waals surface area contributed by atoms with Crippen molar-refractivity contribution in [2.75, 3.05) is 6.61 Å². The molecule has 0 aliphatic heterocycles. The van der Waals surface area contributed by atoms with Gasteiger partial charge in [0.15, 0.2) is 0 Å². The second kappa shape index (κ2) is 8.02. The van der Waals surface area contributed by atoms with E-state index in [0.29, 0.717) is 25.2 Å². The summed E-state index contributed by atoms with van der Waals surface area (Å²) in [6.45, 7) is 6.27. The van der Waals surface area contributed by atoms with E-state index >= 15 is 0 Å². The van der Waals surface area contributed by atoms with Gasteiger partial charge in [0.25, 0.3) is 0 Å². The van der Waals surface area contributed by atoms with Crippen molar-refractivity contribution in [3.63, 3.8) is 0 Å². The van der Waals surface area contributed by atoms with Gasteiger partial charge in [-0.3, -0.25) is 4.79 Å². The molecule has 122 valence electrons. The zero-order valence-corrected chi connectivity index (χ0v) is 14.4. The molecule has 0 amide bonds. The van der Waals surface area contributed by atoms with Crippen LogP contribution in [0, 0.1) is 20.8 Å². The standard InChI is InChI=1S/C19H21ClO3/c1-13-7-4-5-8-17(13)23-18(21)9-6-10-22-16-11-14(2)19(20)15(3)12-16/h4-5,7-8,11-12H,6,9-10H2,1-3H3. The zero-order valence-electron chi connectivity index (χ0n) is 13.7. The number of halogens is 1. The van der Waals surface area contributed by atoms with E-state index in [4.69, 9.17) is 21.1 Å². The molecule has 0 saturated heterocycles. The predicted molar refractivity (Wildman–Crippen MR) is 92.5 cm³/mol. The highest BCUT2D eigenvalue weighted by Gasteiger charge is 2.08. The number of hydrogen-bond donors (Lipinski definition) is 0. The Labute approximate surface area is 142 Å². The van der Waals surface area contributed by atoms with Crippen LogP contribution >= 0.6 is 11.6 Å². The summed E-state index contributed by atoms with van der Waals surface area (Å²) in [5.41, 5.74) is 2.92. The Morgan fingerprint density at radius 3 is 2.35 bits per heavy atom. The van der Waals surface area contributed by atoms with Crippen molar-refractivity contribution in [1.29, 1.82) is 0 Å². The Hall–Kier alpha value is -2.00. The van der Waals surface area contributed by atoms with E-state index in [1.807, 2.05) is 51.1 Å². The molecule has 0 saturated carbocycles. The van der Waals surface area contributed by atoms with Crippen molar-refractivity contribution >= 4 is 17.6 Å². The van der Waals surface area contributed by atoms with E-state index in [-0.39, 0.29) is 5.97 Å². The number of hydrogen-bond acceptors (Lipinski definition) is 3. The monoisotopic (exact) mass is 332 g/mol.